The zero-order valence-electron chi connectivity index (χ0n) is 16.7. The number of likely N-dealkylation sites (tertiary alicyclic amines) is 1. The number of hydrogen-bond acceptors (Lipinski definition) is 6. The molecule has 4 rings (SSSR count). The molecule has 0 N–H and O–H groups in total. The van der Waals surface area contributed by atoms with Gasteiger partial charge in [0.2, 0.25) is 11.7 Å². The number of nitrogens with zero attached hydrogens (tertiary/aromatic N) is 3. The van der Waals surface area contributed by atoms with Crippen LogP contribution in [0.2, 0.25) is 0 Å². The van der Waals surface area contributed by atoms with Crippen molar-refractivity contribution >= 4 is 5.91 Å². The first-order chi connectivity index (χ1) is 14.1. The highest BCUT2D eigenvalue weighted by molar-refractivity contribution is 6.00. The van der Waals surface area contributed by atoms with Crippen molar-refractivity contribution in [3.05, 3.63) is 60.0 Å². The fraction of sp³-hybridized carbons (Fsp3) is 0.318. The van der Waals surface area contributed by atoms with Crippen LogP contribution in [0.4, 0.5) is 0 Å². The zero-order valence-corrected chi connectivity index (χ0v) is 16.7. The van der Waals surface area contributed by atoms with E-state index in [0.717, 1.165) is 5.56 Å². The summed E-state index contributed by atoms with van der Waals surface area (Å²) in [6, 6.07) is 15.0. The van der Waals surface area contributed by atoms with Gasteiger partial charge in [0.15, 0.2) is 0 Å². The van der Waals surface area contributed by atoms with Crippen LogP contribution in [0.5, 0.6) is 11.5 Å². The predicted molar refractivity (Wildman–Crippen MR) is 107 cm³/mol. The van der Waals surface area contributed by atoms with Crippen molar-refractivity contribution in [2.45, 2.75) is 12.8 Å². The van der Waals surface area contributed by atoms with Gasteiger partial charge < -0.3 is 18.9 Å². The smallest absolute Gasteiger partial charge is 0.261 e. The van der Waals surface area contributed by atoms with E-state index >= 15 is 0 Å². The molecule has 2 atom stereocenters. The molecule has 0 aliphatic carbocycles. The van der Waals surface area contributed by atoms with Gasteiger partial charge in [-0.15, -0.1) is 0 Å². The Balaban J connectivity index is 1.57. The number of ether oxygens (including phenoxy) is 2. The average molecular weight is 393 g/mol. The third kappa shape index (κ3) is 3.55. The topological polar surface area (TPSA) is 77.7 Å². The zero-order chi connectivity index (χ0) is 20.4. The Morgan fingerprint density at radius 2 is 1.72 bits per heavy atom. The lowest BCUT2D eigenvalue weighted by molar-refractivity contribution is 0.0779. The first-order valence-corrected chi connectivity index (χ1v) is 9.51. The monoisotopic (exact) mass is 393 g/mol. The van der Waals surface area contributed by atoms with Crippen LogP contribution >= 0.6 is 0 Å². The molecule has 3 aromatic rings. The second-order valence-electron chi connectivity index (χ2n) is 7.15. The van der Waals surface area contributed by atoms with E-state index in [9.17, 15) is 4.79 Å². The highest BCUT2D eigenvalue weighted by atomic mass is 16.5. The van der Waals surface area contributed by atoms with Gasteiger partial charge in [0.05, 0.1) is 20.1 Å². The summed E-state index contributed by atoms with van der Waals surface area (Å²) in [4.78, 5) is 19.6. The van der Waals surface area contributed by atoms with E-state index in [1.807, 2.05) is 30.3 Å². The molecule has 1 amide bonds. The lowest BCUT2D eigenvalue weighted by atomic mass is 9.98. The lowest BCUT2D eigenvalue weighted by Crippen LogP contribution is -2.29. The van der Waals surface area contributed by atoms with Crippen LogP contribution in [-0.2, 0) is 0 Å². The summed E-state index contributed by atoms with van der Waals surface area (Å²) in [7, 11) is 3.09. The number of amides is 1. The van der Waals surface area contributed by atoms with Crippen molar-refractivity contribution in [3.8, 4) is 22.9 Å². The van der Waals surface area contributed by atoms with Crippen LogP contribution < -0.4 is 9.47 Å². The van der Waals surface area contributed by atoms with Gasteiger partial charge in [-0.2, -0.15) is 4.98 Å². The molecule has 2 aromatic carbocycles. The van der Waals surface area contributed by atoms with Gasteiger partial charge >= 0.3 is 0 Å². The average Bonchev–Trinajstić information content (AvgIpc) is 3.40. The third-order valence-corrected chi connectivity index (χ3v) is 5.33. The number of aromatic nitrogens is 2. The lowest BCUT2D eigenvalue weighted by Gasteiger charge is -2.19. The van der Waals surface area contributed by atoms with Crippen molar-refractivity contribution in [1.29, 1.82) is 0 Å². The third-order valence-electron chi connectivity index (χ3n) is 5.33. The molecule has 0 saturated carbocycles. The molecule has 1 aliphatic rings. The van der Waals surface area contributed by atoms with Crippen molar-refractivity contribution < 1.29 is 18.8 Å². The second-order valence-corrected chi connectivity index (χ2v) is 7.15. The SMILES string of the molecule is COc1cccc(OC)c1C(=O)N1C[C@H](c2nc(-c3ccccc3)no2)[C@@H](C)C1. The molecule has 0 unspecified atom stereocenters. The second kappa shape index (κ2) is 7.95. The molecule has 1 aromatic heterocycles. The highest BCUT2D eigenvalue weighted by Gasteiger charge is 2.38. The van der Waals surface area contributed by atoms with Crippen LogP contribution in [0.3, 0.4) is 0 Å². The normalized spacial score (nSPS) is 18.7. The minimum absolute atomic E-state index is 0.0235. The summed E-state index contributed by atoms with van der Waals surface area (Å²) in [5, 5.41) is 4.12. The number of carbonyl (C=O) groups excluding carboxylic acids is 1. The van der Waals surface area contributed by atoms with Crippen LogP contribution in [-0.4, -0.2) is 48.3 Å². The number of rotatable bonds is 5. The molecule has 1 fully saturated rings. The van der Waals surface area contributed by atoms with E-state index < -0.39 is 0 Å². The van der Waals surface area contributed by atoms with Gasteiger partial charge in [0, 0.05) is 18.7 Å². The number of methoxy groups -OCH3 is 2. The number of carbonyl (C=O) groups is 1. The highest BCUT2D eigenvalue weighted by Crippen LogP contribution is 2.36. The quantitative estimate of drug-likeness (QED) is 0.659. The maximum Gasteiger partial charge on any atom is 0.261 e. The van der Waals surface area contributed by atoms with E-state index in [1.54, 1.807) is 37.3 Å². The number of hydrogen-bond donors (Lipinski definition) is 0. The summed E-state index contributed by atoms with van der Waals surface area (Å²) in [6.07, 6.45) is 0. The van der Waals surface area contributed by atoms with Gasteiger partial charge in [-0.1, -0.05) is 48.5 Å². The van der Waals surface area contributed by atoms with E-state index in [2.05, 4.69) is 17.1 Å². The molecule has 7 heteroatoms. The summed E-state index contributed by atoms with van der Waals surface area (Å²) >= 11 is 0. The van der Waals surface area contributed by atoms with E-state index in [1.165, 1.54) is 0 Å². The van der Waals surface area contributed by atoms with Gasteiger partial charge in [-0.3, -0.25) is 4.79 Å². The molecule has 0 spiro atoms. The van der Waals surface area contributed by atoms with Crippen LogP contribution in [0.1, 0.15) is 29.1 Å². The minimum Gasteiger partial charge on any atom is -0.496 e. The van der Waals surface area contributed by atoms with E-state index in [4.69, 9.17) is 14.0 Å². The van der Waals surface area contributed by atoms with Crippen molar-refractivity contribution in [2.75, 3.05) is 27.3 Å². The molecule has 7 nitrogen and oxygen atoms in total. The van der Waals surface area contributed by atoms with Crippen LogP contribution in [0.25, 0.3) is 11.4 Å². The summed E-state index contributed by atoms with van der Waals surface area (Å²) < 4.78 is 16.3. The van der Waals surface area contributed by atoms with Gasteiger partial charge in [-0.25, -0.2) is 0 Å². The molecule has 0 radical (unpaired) electrons. The molecule has 1 saturated heterocycles. The Morgan fingerprint density at radius 1 is 1.03 bits per heavy atom. The maximum atomic E-state index is 13.3. The molecule has 1 aliphatic heterocycles. The maximum absolute atomic E-state index is 13.3. The summed E-state index contributed by atoms with van der Waals surface area (Å²) in [5.41, 5.74) is 1.33. The molecule has 29 heavy (non-hydrogen) atoms. The van der Waals surface area contributed by atoms with Gasteiger partial charge in [0.25, 0.3) is 5.91 Å². The van der Waals surface area contributed by atoms with Gasteiger partial charge in [-0.05, 0) is 18.1 Å². The van der Waals surface area contributed by atoms with Gasteiger partial charge in [0.1, 0.15) is 17.1 Å². The van der Waals surface area contributed by atoms with E-state index in [0.29, 0.717) is 41.9 Å². The first kappa shape index (κ1) is 19.0. The minimum atomic E-state index is -0.128. The Kier molecular flexibility index (Phi) is 5.20. The first-order valence-electron chi connectivity index (χ1n) is 9.51. The molecule has 2 heterocycles. The fourth-order valence-electron chi connectivity index (χ4n) is 3.76. The Labute approximate surface area is 169 Å². The van der Waals surface area contributed by atoms with Crippen LogP contribution in [0, 0.1) is 5.92 Å². The molecular weight excluding hydrogens is 370 g/mol. The standard InChI is InChI=1S/C22H23N3O4/c1-14-12-25(22(26)19-17(27-2)10-7-11-18(19)28-3)13-16(14)21-23-20(24-29-21)15-8-5-4-6-9-15/h4-11,14,16H,12-13H2,1-3H3/t14-,16-/m0/s1. The van der Waals surface area contributed by atoms with Crippen molar-refractivity contribution in [1.82, 2.24) is 15.0 Å². The Hall–Kier alpha value is -3.35. The summed E-state index contributed by atoms with van der Waals surface area (Å²) in [6.45, 7) is 3.18. The Morgan fingerprint density at radius 3 is 2.38 bits per heavy atom. The molecule has 150 valence electrons. The fourth-order valence-corrected chi connectivity index (χ4v) is 3.76. The summed E-state index contributed by atoms with van der Waals surface area (Å²) in [5.74, 6) is 2.14. The Bertz CT molecular complexity index is 980. The van der Waals surface area contributed by atoms with E-state index in [-0.39, 0.29) is 17.7 Å². The molecule has 0 bridgehead atoms. The van der Waals surface area contributed by atoms with Crippen LogP contribution in [0.15, 0.2) is 53.1 Å². The molecular formula is C22H23N3O4. The number of benzene rings is 2. The van der Waals surface area contributed by atoms with Crippen molar-refractivity contribution in [3.63, 3.8) is 0 Å². The predicted octanol–water partition coefficient (Wildman–Crippen LogP) is 3.63. The largest absolute Gasteiger partial charge is 0.496 e. The van der Waals surface area contributed by atoms with Crippen molar-refractivity contribution in [2.24, 2.45) is 5.92 Å².